The van der Waals surface area contributed by atoms with Gasteiger partial charge in [0.05, 0.1) is 17.7 Å². The zero-order valence-electron chi connectivity index (χ0n) is 10.7. The zero-order chi connectivity index (χ0) is 14.7. The van der Waals surface area contributed by atoms with Gasteiger partial charge in [-0.3, -0.25) is 0 Å². The molecule has 2 aromatic rings. The normalized spacial score (nSPS) is 12.2. The topological polar surface area (TPSA) is 29.5 Å². The molecule has 1 unspecified atom stereocenters. The molecule has 0 heterocycles. The Labute approximate surface area is 140 Å². The lowest BCUT2D eigenvalue weighted by Crippen LogP contribution is -2.02. The minimum atomic E-state index is -0.606. The van der Waals surface area contributed by atoms with Crippen molar-refractivity contribution in [3.63, 3.8) is 0 Å². The fraction of sp³-hybridized carbons (Fsp3) is 0.200. The monoisotopic (exact) mass is 418 g/mol. The molecule has 0 spiro atoms. The molecule has 1 atom stereocenters. The van der Waals surface area contributed by atoms with Gasteiger partial charge in [-0.2, -0.15) is 0 Å². The summed E-state index contributed by atoms with van der Waals surface area (Å²) in [4.78, 5) is 0. The van der Waals surface area contributed by atoms with E-state index < -0.39 is 6.10 Å². The number of rotatable bonds is 4. The van der Waals surface area contributed by atoms with Gasteiger partial charge < -0.3 is 9.84 Å². The van der Waals surface area contributed by atoms with Crippen LogP contribution in [0.25, 0.3) is 0 Å². The Bertz CT molecular complexity index is 597. The highest BCUT2D eigenvalue weighted by molar-refractivity contribution is 9.10. The average Bonchev–Trinajstić information content (AvgIpc) is 2.37. The van der Waals surface area contributed by atoms with Crippen LogP contribution in [0.15, 0.2) is 45.3 Å². The van der Waals surface area contributed by atoms with Gasteiger partial charge in [-0.05, 0) is 57.4 Å². The van der Waals surface area contributed by atoms with Crippen LogP contribution in [0.1, 0.15) is 17.2 Å². The molecule has 106 valence electrons. The molecule has 20 heavy (non-hydrogen) atoms. The summed E-state index contributed by atoms with van der Waals surface area (Å²) < 4.78 is 6.92. The number of hydrogen-bond donors (Lipinski definition) is 1. The predicted octanol–water partition coefficient (Wildman–Crippen LogP) is 5.15. The second kappa shape index (κ2) is 6.94. The maximum absolute atomic E-state index is 10.3. The Balaban J connectivity index is 2.18. The van der Waals surface area contributed by atoms with Gasteiger partial charge in [0, 0.05) is 15.9 Å². The standard InChI is InChI=1S/C15H13Br2ClO2/c1-20-15-3-2-9(4-13(15)17)5-14(19)10-6-11(16)8-12(18)7-10/h2-4,6-8,14,19H,5H2,1H3. The quantitative estimate of drug-likeness (QED) is 0.741. The van der Waals surface area contributed by atoms with E-state index in [4.69, 9.17) is 16.3 Å². The summed E-state index contributed by atoms with van der Waals surface area (Å²) in [5, 5.41) is 10.9. The van der Waals surface area contributed by atoms with Crippen LogP contribution in [0.5, 0.6) is 5.75 Å². The van der Waals surface area contributed by atoms with Gasteiger partial charge in [0.1, 0.15) is 5.75 Å². The lowest BCUT2D eigenvalue weighted by Gasteiger charge is -2.13. The minimum absolute atomic E-state index is 0.509. The van der Waals surface area contributed by atoms with Crippen molar-refractivity contribution in [2.24, 2.45) is 0 Å². The van der Waals surface area contributed by atoms with Gasteiger partial charge in [-0.25, -0.2) is 0 Å². The summed E-state index contributed by atoms with van der Waals surface area (Å²) in [6, 6.07) is 11.2. The second-order valence-corrected chi connectivity index (χ2v) is 6.60. The summed E-state index contributed by atoms with van der Waals surface area (Å²) in [5.41, 5.74) is 1.80. The van der Waals surface area contributed by atoms with E-state index in [1.165, 1.54) is 0 Å². The molecule has 0 aliphatic heterocycles. The van der Waals surface area contributed by atoms with E-state index in [0.29, 0.717) is 11.4 Å². The second-order valence-electron chi connectivity index (χ2n) is 4.39. The van der Waals surface area contributed by atoms with E-state index >= 15 is 0 Å². The van der Waals surface area contributed by atoms with Crippen LogP contribution in [0, 0.1) is 0 Å². The van der Waals surface area contributed by atoms with Gasteiger partial charge >= 0.3 is 0 Å². The Morgan fingerprint density at radius 2 is 1.95 bits per heavy atom. The highest BCUT2D eigenvalue weighted by Crippen LogP contribution is 2.29. The van der Waals surface area contributed by atoms with Crippen LogP contribution in [-0.2, 0) is 6.42 Å². The van der Waals surface area contributed by atoms with Crippen molar-refractivity contribution in [3.05, 3.63) is 61.5 Å². The van der Waals surface area contributed by atoms with Gasteiger partial charge in [-0.15, -0.1) is 0 Å². The Kier molecular flexibility index (Phi) is 5.49. The van der Waals surface area contributed by atoms with E-state index in [9.17, 15) is 5.11 Å². The molecule has 2 aromatic carbocycles. The Morgan fingerprint density at radius 1 is 1.20 bits per heavy atom. The average molecular weight is 421 g/mol. The van der Waals surface area contributed by atoms with Crippen LogP contribution in [0.2, 0.25) is 5.02 Å². The number of aliphatic hydroxyl groups is 1. The molecule has 0 aromatic heterocycles. The van der Waals surface area contributed by atoms with Crippen LogP contribution in [0.3, 0.4) is 0 Å². The van der Waals surface area contributed by atoms with Gasteiger partial charge in [0.25, 0.3) is 0 Å². The number of benzene rings is 2. The van der Waals surface area contributed by atoms with Crippen molar-refractivity contribution in [2.45, 2.75) is 12.5 Å². The molecule has 2 rings (SSSR count). The van der Waals surface area contributed by atoms with E-state index in [-0.39, 0.29) is 0 Å². The van der Waals surface area contributed by atoms with Gasteiger partial charge in [-0.1, -0.05) is 33.6 Å². The van der Waals surface area contributed by atoms with Crippen molar-refractivity contribution >= 4 is 43.5 Å². The molecular formula is C15H13Br2ClO2. The third-order valence-corrected chi connectivity index (χ3v) is 4.21. The fourth-order valence-corrected chi connectivity index (χ4v) is 3.42. The van der Waals surface area contributed by atoms with Crippen LogP contribution in [-0.4, -0.2) is 12.2 Å². The summed E-state index contributed by atoms with van der Waals surface area (Å²) in [6.45, 7) is 0. The summed E-state index contributed by atoms with van der Waals surface area (Å²) >= 11 is 12.8. The first-order valence-corrected chi connectivity index (χ1v) is 7.92. The summed E-state index contributed by atoms with van der Waals surface area (Å²) in [5.74, 6) is 0.772. The molecule has 0 bridgehead atoms. The van der Waals surface area contributed by atoms with Gasteiger partial charge in [0.15, 0.2) is 0 Å². The Hall–Kier alpha value is -0.550. The zero-order valence-corrected chi connectivity index (χ0v) is 14.7. The third-order valence-electron chi connectivity index (χ3n) is 2.91. The minimum Gasteiger partial charge on any atom is -0.496 e. The van der Waals surface area contributed by atoms with Gasteiger partial charge in [0.2, 0.25) is 0 Å². The molecule has 0 fully saturated rings. The van der Waals surface area contributed by atoms with E-state index in [0.717, 1.165) is 25.8 Å². The first-order chi connectivity index (χ1) is 9.49. The molecule has 1 N–H and O–H groups in total. The van der Waals surface area contributed by atoms with E-state index in [1.54, 1.807) is 19.2 Å². The maximum atomic E-state index is 10.3. The molecule has 2 nitrogen and oxygen atoms in total. The van der Waals surface area contributed by atoms with Crippen molar-refractivity contribution in [3.8, 4) is 5.75 Å². The van der Waals surface area contributed by atoms with Crippen LogP contribution in [0.4, 0.5) is 0 Å². The molecule has 5 heteroatoms. The summed E-state index contributed by atoms with van der Waals surface area (Å²) in [7, 11) is 1.62. The SMILES string of the molecule is COc1ccc(CC(O)c2cc(Cl)cc(Br)c2)cc1Br. The maximum Gasteiger partial charge on any atom is 0.133 e. The lowest BCUT2D eigenvalue weighted by atomic mass is 10.0. The number of aliphatic hydroxyl groups excluding tert-OH is 1. The Morgan fingerprint density at radius 3 is 2.55 bits per heavy atom. The highest BCUT2D eigenvalue weighted by atomic mass is 79.9. The van der Waals surface area contributed by atoms with Crippen molar-refractivity contribution in [1.29, 1.82) is 0 Å². The number of ether oxygens (including phenoxy) is 1. The third kappa shape index (κ3) is 3.98. The molecule has 0 aliphatic carbocycles. The molecule has 0 amide bonds. The number of halogens is 3. The largest absolute Gasteiger partial charge is 0.496 e. The number of hydrogen-bond acceptors (Lipinski definition) is 2. The molecule has 0 aliphatic rings. The molecular weight excluding hydrogens is 407 g/mol. The first kappa shape index (κ1) is 15.8. The van der Waals surface area contributed by atoms with E-state index in [2.05, 4.69) is 31.9 Å². The van der Waals surface area contributed by atoms with Crippen LogP contribution >= 0.6 is 43.5 Å². The van der Waals surface area contributed by atoms with Crippen LogP contribution < -0.4 is 4.74 Å². The summed E-state index contributed by atoms with van der Waals surface area (Å²) in [6.07, 6.45) is -0.0969. The highest BCUT2D eigenvalue weighted by Gasteiger charge is 2.11. The lowest BCUT2D eigenvalue weighted by molar-refractivity contribution is 0.178. The smallest absolute Gasteiger partial charge is 0.133 e. The van der Waals surface area contributed by atoms with Crippen molar-refractivity contribution in [2.75, 3.05) is 7.11 Å². The number of methoxy groups -OCH3 is 1. The fourth-order valence-electron chi connectivity index (χ4n) is 1.95. The van der Waals surface area contributed by atoms with E-state index in [1.807, 2.05) is 24.3 Å². The van der Waals surface area contributed by atoms with Crippen molar-refractivity contribution < 1.29 is 9.84 Å². The molecule has 0 saturated carbocycles. The first-order valence-electron chi connectivity index (χ1n) is 5.96. The molecule has 0 radical (unpaired) electrons. The van der Waals surface area contributed by atoms with Crippen molar-refractivity contribution in [1.82, 2.24) is 0 Å². The molecule has 0 saturated heterocycles. The predicted molar refractivity (Wildman–Crippen MR) is 88.5 cm³/mol.